The van der Waals surface area contributed by atoms with E-state index >= 15 is 0 Å². The Labute approximate surface area is 340 Å². The summed E-state index contributed by atoms with van der Waals surface area (Å²) in [7, 11) is 6.64. The van der Waals surface area contributed by atoms with Crippen molar-refractivity contribution in [3.8, 4) is 11.5 Å². The molecular weight excluding hydrogens is 705 g/mol. The number of methoxy groups -OCH3 is 4. The van der Waals surface area contributed by atoms with E-state index < -0.39 is 0 Å². The molecule has 0 fully saturated rings. The number of ether oxygens (including phenoxy) is 8. The molecule has 0 amide bonds. The molecule has 316 valence electrons. The first-order chi connectivity index (χ1) is 27.7. The van der Waals surface area contributed by atoms with Gasteiger partial charge in [-0.3, -0.25) is 0 Å². The first kappa shape index (κ1) is 49.2. The molecule has 56 heavy (non-hydrogen) atoms. The summed E-state index contributed by atoms with van der Waals surface area (Å²) in [4.78, 5) is 0. The lowest BCUT2D eigenvalue weighted by Crippen LogP contribution is -2.18. The SMILES string of the molecule is COCO[C@@H](/C=C/CCCCCCCCC/C=C\CCCCCCCCC/C=C/[C@@H](COCc1ccc(OC)cc1)OCOC)COCc1ccc(OC)cc1. The van der Waals surface area contributed by atoms with Gasteiger partial charge in [0.1, 0.15) is 37.3 Å². The molecule has 0 radical (unpaired) electrons. The van der Waals surface area contributed by atoms with Crippen molar-refractivity contribution >= 4 is 0 Å². The van der Waals surface area contributed by atoms with Crippen molar-refractivity contribution in [2.75, 3.05) is 55.2 Å². The maximum atomic E-state index is 5.90. The topological polar surface area (TPSA) is 73.8 Å². The van der Waals surface area contributed by atoms with E-state index in [0.29, 0.717) is 26.4 Å². The third-order valence-corrected chi connectivity index (χ3v) is 9.57. The van der Waals surface area contributed by atoms with E-state index in [2.05, 4.69) is 36.5 Å². The molecule has 2 rings (SSSR count). The molecule has 2 aromatic carbocycles. The number of hydrogen-bond donors (Lipinski definition) is 0. The number of hydrogen-bond acceptors (Lipinski definition) is 8. The molecule has 0 N–H and O–H groups in total. The lowest BCUT2D eigenvalue weighted by atomic mass is 10.1. The second-order valence-corrected chi connectivity index (χ2v) is 14.4. The largest absolute Gasteiger partial charge is 0.497 e. The minimum Gasteiger partial charge on any atom is -0.497 e. The molecule has 0 saturated carbocycles. The fourth-order valence-corrected chi connectivity index (χ4v) is 6.21. The zero-order valence-electron chi connectivity index (χ0n) is 35.5. The lowest BCUT2D eigenvalue weighted by Gasteiger charge is -2.14. The summed E-state index contributed by atoms with van der Waals surface area (Å²) in [6.07, 6.45) is 36.3. The Morgan fingerprint density at radius 1 is 0.411 bits per heavy atom. The maximum Gasteiger partial charge on any atom is 0.147 e. The van der Waals surface area contributed by atoms with Gasteiger partial charge in [0.25, 0.3) is 0 Å². The molecule has 0 aromatic heterocycles. The molecule has 0 aliphatic rings. The molecule has 0 spiro atoms. The van der Waals surface area contributed by atoms with Crippen LogP contribution in [-0.4, -0.2) is 67.4 Å². The van der Waals surface area contributed by atoms with Crippen LogP contribution in [0.2, 0.25) is 0 Å². The second kappa shape index (κ2) is 36.4. The van der Waals surface area contributed by atoms with E-state index in [1.54, 1.807) is 28.4 Å². The van der Waals surface area contributed by atoms with Crippen LogP contribution in [-0.2, 0) is 41.6 Å². The third-order valence-electron chi connectivity index (χ3n) is 9.57. The average molecular weight is 781 g/mol. The highest BCUT2D eigenvalue weighted by molar-refractivity contribution is 5.27. The van der Waals surface area contributed by atoms with Crippen molar-refractivity contribution in [3.05, 3.63) is 96.1 Å². The van der Waals surface area contributed by atoms with Crippen LogP contribution >= 0.6 is 0 Å². The van der Waals surface area contributed by atoms with E-state index in [4.69, 9.17) is 37.9 Å². The molecular formula is C48H76O8. The second-order valence-electron chi connectivity index (χ2n) is 14.4. The van der Waals surface area contributed by atoms with Crippen LogP contribution in [0.4, 0.5) is 0 Å². The predicted octanol–water partition coefficient (Wildman–Crippen LogP) is 12.1. The average Bonchev–Trinajstić information content (AvgIpc) is 3.23. The van der Waals surface area contributed by atoms with E-state index in [9.17, 15) is 0 Å². The van der Waals surface area contributed by atoms with Crippen molar-refractivity contribution < 1.29 is 37.9 Å². The van der Waals surface area contributed by atoms with Crippen LogP contribution in [0.3, 0.4) is 0 Å². The number of allylic oxidation sites excluding steroid dienone is 4. The highest BCUT2D eigenvalue weighted by atomic mass is 16.7. The molecule has 0 aliphatic carbocycles. The van der Waals surface area contributed by atoms with Gasteiger partial charge in [-0.15, -0.1) is 0 Å². The molecule has 0 heterocycles. The van der Waals surface area contributed by atoms with Gasteiger partial charge in [0.15, 0.2) is 0 Å². The number of unbranched alkanes of at least 4 members (excludes halogenated alkanes) is 16. The Bertz CT molecular complexity index is 1130. The Morgan fingerprint density at radius 2 is 0.732 bits per heavy atom. The summed E-state index contributed by atoms with van der Waals surface area (Å²) >= 11 is 0. The van der Waals surface area contributed by atoms with Crippen LogP contribution in [0.5, 0.6) is 11.5 Å². The van der Waals surface area contributed by atoms with Gasteiger partial charge in [-0.25, -0.2) is 0 Å². The summed E-state index contributed by atoms with van der Waals surface area (Å²) in [6.45, 7) is 2.62. The fourth-order valence-electron chi connectivity index (χ4n) is 6.21. The lowest BCUT2D eigenvalue weighted by molar-refractivity contribution is -0.0815. The highest BCUT2D eigenvalue weighted by Gasteiger charge is 2.07. The van der Waals surface area contributed by atoms with Gasteiger partial charge < -0.3 is 37.9 Å². The summed E-state index contributed by atoms with van der Waals surface area (Å²) in [5.41, 5.74) is 2.23. The van der Waals surface area contributed by atoms with E-state index in [-0.39, 0.29) is 25.8 Å². The normalized spacial score (nSPS) is 13.0. The molecule has 8 nitrogen and oxygen atoms in total. The first-order valence-corrected chi connectivity index (χ1v) is 21.3. The predicted molar refractivity (Wildman–Crippen MR) is 229 cm³/mol. The van der Waals surface area contributed by atoms with Gasteiger partial charge >= 0.3 is 0 Å². The number of rotatable bonds is 38. The first-order valence-electron chi connectivity index (χ1n) is 21.3. The molecule has 2 aromatic rings. The van der Waals surface area contributed by atoms with Crippen molar-refractivity contribution in [2.45, 2.75) is 141 Å². The monoisotopic (exact) mass is 781 g/mol. The van der Waals surface area contributed by atoms with Crippen LogP contribution in [0.25, 0.3) is 0 Å². The zero-order valence-corrected chi connectivity index (χ0v) is 35.5. The maximum absolute atomic E-state index is 5.90. The van der Waals surface area contributed by atoms with E-state index in [0.717, 1.165) is 35.5 Å². The van der Waals surface area contributed by atoms with Gasteiger partial charge in [-0.05, 0) is 86.8 Å². The summed E-state index contributed by atoms with van der Waals surface area (Å²) in [5.74, 6) is 1.70. The molecule has 0 unspecified atom stereocenters. The van der Waals surface area contributed by atoms with Gasteiger partial charge in [0.05, 0.1) is 40.6 Å². The van der Waals surface area contributed by atoms with Gasteiger partial charge in [-0.1, -0.05) is 125 Å². The fraction of sp³-hybridized carbons (Fsp3) is 0.625. The summed E-state index contributed by atoms with van der Waals surface area (Å²) in [6, 6.07) is 15.9. The minimum atomic E-state index is -0.102. The van der Waals surface area contributed by atoms with Crippen molar-refractivity contribution in [1.82, 2.24) is 0 Å². The highest BCUT2D eigenvalue weighted by Crippen LogP contribution is 2.16. The molecule has 0 aliphatic heterocycles. The van der Waals surface area contributed by atoms with Gasteiger partial charge in [-0.2, -0.15) is 0 Å². The van der Waals surface area contributed by atoms with Gasteiger partial charge in [0.2, 0.25) is 0 Å². The van der Waals surface area contributed by atoms with Crippen LogP contribution < -0.4 is 9.47 Å². The van der Waals surface area contributed by atoms with Crippen molar-refractivity contribution in [1.29, 1.82) is 0 Å². The molecule has 2 atom stereocenters. The molecule has 0 saturated heterocycles. The summed E-state index contributed by atoms with van der Waals surface area (Å²) < 4.78 is 44.0. The molecule has 8 heteroatoms. The number of benzene rings is 2. The summed E-state index contributed by atoms with van der Waals surface area (Å²) in [5, 5.41) is 0. The van der Waals surface area contributed by atoms with Crippen LogP contribution in [0.1, 0.15) is 127 Å². The Morgan fingerprint density at radius 3 is 1.05 bits per heavy atom. The minimum absolute atomic E-state index is 0.102. The zero-order chi connectivity index (χ0) is 40.0. The van der Waals surface area contributed by atoms with Gasteiger partial charge in [0, 0.05) is 14.2 Å². The Balaban J connectivity index is 1.35. The van der Waals surface area contributed by atoms with Crippen LogP contribution in [0.15, 0.2) is 85.0 Å². The quantitative estimate of drug-likeness (QED) is 0.0379. The van der Waals surface area contributed by atoms with Crippen molar-refractivity contribution in [3.63, 3.8) is 0 Å². The smallest absolute Gasteiger partial charge is 0.147 e. The Kier molecular flexibility index (Phi) is 31.9. The standard InChI is InChI=1S/C48H76O8/c1-49-41-55-47(39-53-37-43-29-33-45(51-3)34-30-43)27-25-23-21-19-17-15-13-11-9-7-5-6-8-10-12-14-16-18-20-22-24-26-28-48(56-42-50-2)40-54-38-44-31-35-46(52-4)36-32-44/h5-6,25-36,47-48H,7-24,37-42H2,1-4H3/b6-5-,27-25+,28-26+/t47-,48-/m0/s1. The molecule has 0 bridgehead atoms. The van der Waals surface area contributed by atoms with Crippen LogP contribution in [0, 0.1) is 0 Å². The third kappa shape index (κ3) is 27.6. The van der Waals surface area contributed by atoms with E-state index in [1.165, 1.54) is 103 Å². The van der Waals surface area contributed by atoms with Crippen molar-refractivity contribution in [2.24, 2.45) is 0 Å². The Hall–Kier alpha value is -2.98. The van der Waals surface area contributed by atoms with E-state index in [1.807, 2.05) is 48.5 Å².